The van der Waals surface area contributed by atoms with Crippen molar-refractivity contribution >= 4 is 11.8 Å². The Morgan fingerprint density at radius 3 is 2.48 bits per heavy atom. The molecule has 5 heteroatoms. The maximum atomic E-state index is 11.9. The number of nitrogens with one attached hydrogen (secondary N) is 1. The number of aliphatic hydroxyl groups is 1. The molecule has 2 amide bonds. The van der Waals surface area contributed by atoms with Gasteiger partial charge < -0.3 is 15.3 Å². The highest BCUT2D eigenvalue weighted by Crippen LogP contribution is 2.25. The lowest BCUT2D eigenvalue weighted by Crippen LogP contribution is -2.64. The van der Waals surface area contributed by atoms with Gasteiger partial charge in [-0.15, -0.1) is 0 Å². The second-order valence-electron chi connectivity index (χ2n) is 5.77. The number of carbonyl (C=O) groups excluding carboxylic acids is 2. The molecule has 1 aromatic carbocycles. The molecule has 0 saturated carbocycles. The molecule has 0 spiro atoms. The highest BCUT2D eigenvalue weighted by Gasteiger charge is 2.42. The van der Waals surface area contributed by atoms with Crippen molar-refractivity contribution in [2.75, 3.05) is 19.6 Å². The van der Waals surface area contributed by atoms with E-state index in [0.717, 1.165) is 12.0 Å². The van der Waals surface area contributed by atoms with E-state index < -0.39 is 5.60 Å². The fourth-order valence-corrected chi connectivity index (χ4v) is 2.54. The standard InChI is InChI=1S/C16H22N2O3/c1-3-8-16(21)10-18(11-16)14(19)9-17-15(20)13-6-4-12(2)5-7-13/h4-7,21H,3,8-11H2,1-2H3,(H,17,20). The molecule has 0 atom stereocenters. The first-order valence-corrected chi connectivity index (χ1v) is 7.28. The van der Waals surface area contributed by atoms with Crippen LogP contribution < -0.4 is 5.32 Å². The van der Waals surface area contributed by atoms with Crippen molar-refractivity contribution in [1.29, 1.82) is 0 Å². The van der Waals surface area contributed by atoms with E-state index >= 15 is 0 Å². The zero-order valence-corrected chi connectivity index (χ0v) is 12.6. The van der Waals surface area contributed by atoms with Crippen molar-refractivity contribution in [2.24, 2.45) is 0 Å². The van der Waals surface area contributed by atoms with Gasteiger partial charge in [0.15, 0.2) is 0 Å². The van der Waals surface area contributed by atoms with E-state index in [4.69, 9.17) is 0 Å². The molecule has 2 N–H and O–H groups in total. The summed E-state index contributed by atoms with van der Waals surface area (Å²) in [7, 11) is 0. The molecule has 1 aromatic rings. The van der Waals surface area contributed by atoms with Crippen molar-refractivity contribution < 1.29 is 14.7 Å². The molecular weight excluding hydrogens is 268 g/mol. The van der Waals surface area contributed by atoms with Crippen molar-refractivity contribution in [3.05, 3.63) is 35.4 Å². The summed E-state index contributed by atoms with van der Waals surface area (Å²) in [6.45, 7) is 4.64. The molecule has 0 aromatic heterocycles. The lowest BCUT2D eigenvalue weighted by atomic mass is 9.89. The van der Waals surface area contributed by atoms with Crippen LogP contribution in [0.1, 0.15) is 35.7 Å². The van der Waals surface area contributed by atoms with Gasteiger partial charge >= 0.3 is 0 Å². The predicted molar refractivity (Wildman–Crippen MR) is 80.0 cm³/mol. The van der Waals surface area contributed by atoms with E-state index in [1.807, 2.05) is 26.0 Å². The Balaban J connectivity index is 1.77. The van der Waals surface area contributed by atoms with Crippen molar-refractivity contribution in [1.82, 2.24) is 10.2 Å². The third-order valence-corrected chi connectivity index (χ3v) is 3.75. The predicted octanol–water partition coefficient (Wildman–Crippen LogP) is 1.10. The minimum absolute atomic E-state index is 0.0328. The molecular formula is C16H22N2O3. The first-order chi connectivity index (χ1) is 9.93. The third kappa shape index (κ3) is 3.82. The second kappa shape index (κ2) is 6.26. The summed E-state index contributed by atoms with van der Waals surface area (Å²) in [6.07, 6.45) is 1.59. The van der Waals surface area contributed by atoms with Gasteiger partial charge in [0.05, 0.1) is 25.2 Å². The van der Waals surface area contributed by atoms with Gasteiger partial charge in [0, 0.05) is 5.56 Å². The van der Waals surface area contributed by atoms with Gasteiger partial charge in [-0.25, -0.2) is 0 Å². The fraction of sp³-hybridized carbons (Fsp3) is 0.500. The average Bonchev–Trinajstić information content (AvgIpc) is 2.42. The number of aryl methyl sites for hydroxylation is 1. The van der Waals surface area contributed by atoms with Crippen LogP contribution in [0.25, 0.3) is 0 Å². The molecule has 21 heavy (non-hydrogen) atoms. The minimum atomic E-state index is -0.731. The summed E-state index contributed by atoms with van der Waals surface area (Å²) in [5.74, 6) is -0.413. The summed E-state index contributed by atoms with van der Waals surface area (Å²) in [5.41, 5.74) is 0.892. The van der Waals surface area contributed by atoms with Gasteiger partial charge in [0.2, 0.25) is 5.91 Å². The van der Waals surface area contributed by atoms with Crippen LogP contribution >= 0.6 is 0 Å². The molecule has 0 bridgehead atoms. The average molecular weight is 290 g/mol. The van der Waals surface area contributed by atoms with E-state index in [1.54, 1.807) is 17.0 Å². The fourth-order valence-electron chi connectivity index (χ4n) is 2.54. The Kier molecular flexibility index (Phi) is 4.63. The van der Waals surface area contributed by atoms with Crippen LogP contribution in [0.15, 0.2) is 24.3 Å². The summed E-state index contributed by atoms with van der Waals surface area (Å²) in [5, 5.41) is 12.6. The van der Waals surface area contributed by atoms with Crippen LogP contribution in [-0.2, 0) is 4.79 Å². The highest BCUT2D eigenvalue weighted by molar-refractivity contribution is 5.96. The second-order valence-corrected chi connectivity index (χ2v) is 5.77. The van der Waals surface area contributed by atoms with Crippen LogP contribution in [0.5, 0.6) is 0 Å². The number of amides is 2. The van der Waals surface area contributed by atoms with Gasteiger partial charge in [-0.2, -0.15) is 0 Å². The Morgan fingerprint density at radius 1 is 1.29 bits per heavy atom. The zero-order chi connectivity index (χ0) is 15.5. The Hall–Kier alpha value is -1.88. The number of hydrogen-bond acceptors (Lipinski definition) is 3. The number of nitrogens with zero attached hydrogens (tertiary/aromatic N) is 1. The molecule has 0 unspecified atom stereocenters. The molecule has 1 aliphatic heterocycles. The first-order valence-electron chi connectivity index (χ1n) is 7.28. The maximum Gasteiger partial charge on any atom is 0.251 e. The quantitative estimate of drug-likeness (QED) is 0.853. The highest BCUT2D eigenvalue weighted by atomic mass is 16.3. The van der Waals surface area contributed by atoms with Crippen molar-refractivity contribution in [3.63, 3.8) is 0 Å². The number of hydrogen-bond donors (Lipinski definition) is 2. The van der Waals surface area contributed by atoms with Gasteiger partial charge in [0.25, 0.3) is 5.91 Å². The van der Waals surface area contributed by atoms with Crippen molar-refractivity contribution in [2.45, 2.75) is 32.3 Å². The summed E-state index contributed by atoms with van der Waals surface area (Å²) >= 11 is 0. The van der Waals surface area contributed by atoms with Gasteiger partial charge in [-0.05, 0) is 25.5 Å². The monoisotopic (exact) mass is 290 g/mol. The Labute approximate surface area is 125 Å². The lowest BCUT2D eigenvalue weighted by molar-refractivity contribution is -0.155. The van der Waals surface area contributed by atoms with E-state index in [9.17, 15) is 14.7 Å². The molecule has 0 aliphatic carbocycles. The van der Waals surface area contributed by atoms with Crippen molar-refractivity contribution in [3.8, 4) is 0 Å². The van der Waals surface area contributed by atoms with Crippen LogP contribution in [0.2, 0.25) is 0 Å². The maximum absolute atomic E-state index is 11.9. The van der Waals surface area contributed by atoms with Crippen LogP contribution in [0, 0.1) is 6.92 Å². The molecule has 1 saturated heterocycles. The molecule has 114 valence electrons. The topological polar surface area (TPSA) is 69.6 Å². The van der Waals surface area contributed by atoms with E-state index in [0.29, 0.717) is 25.1 Å². The SMILES string of the molecule is CCCC1(O)CN(C(=O)CNC(=O)c2ccc(C)cc2)C1. The summed E-state index contributed by atoms with van der Waals surface area (Å²) in [6, 6.07) is 7.19. The van der Waals surface area contributed by atoms with Crippen LogP contribution in [0.4, 0.5) is 0 Å². The third-order valence-electron chi connectivity index (χ3n) is 3.75. The minimum Gasteiger partial charge on any atom is -0.386 e. The van der Waals surface area contributed by atoms with E-state index in [1.165, 1.54) is 0 Å². The normalized spacial score (nSPS) is 16.2. The van der Waals surface area contributed by atoms with Gasteiger partial charge in [0.1, 0.15) is 0 Å². The number of β-amino-alcohol motifs (C(OH)–C–C–N with tert-alkyl or cyclic N) is 1. The largest absolute Gasteiger partial charge is 0.386 e. The molecule has 5 nitrogen and oxygen atoms in total. The first kappa shape index (κ1) is 15.5. The Bertz CT molecular complexity index is 519. The number of carbonyl (C=O) groups is 2. The van der Waals surface area contributed by atoms with Crippen LogP contribution in [-0.4, -0.2) is 47.1 Å². The van der Waals surface area contributed by atoms with Gasteiger partial charge in [-0.1, -0.05) is 31.0 Å². The summed E-state index contributed by atoms with van der Waals surface area (Å²) < 4.78 is 0. The lowest BCUT2D eigenvalue weighted by Gasteiger charge is -2.46. The number of benzene rings is 1. The van der Waals surface area contributed by atoms with E-state index in [-0.39, 0.29) is 18.4 Å². The Morgan fingerprint density at radius 2 is 1.90 bits per heavy atom. The smallest absolute Gasteiger partial charge is 0.251 e. The van der Waals surface area contributed by atoms with Gasteiger partial charge in [-0.3, -0.25) is 9.59 Å². The number of rotatable bonds is 5. The van der Waals surface area contributed by atoms with E-state index in [2.05, 4.69) is 5.32 Å². The zero-order valence-electron chi connectivity index (χ0n) is 12.6. The van der Waals surface area contributed by atoms with Crippen LogP contribution in [0.3, 0.4) is 0 Å². The molecule has 2 rings (SSSR count). The molecule has 1 heterocycles. The molecule has 0 radical (unpaired) electrons. The molecule has 1 aliphatic rings. The number of likely N-dealkylation sites (tertiary alicyclic amines) is 1. The summed E-state index contributed by atoms with van der Waals surface area (Å²) in [4.78, 5) is 25.4. The molecule has 1 fully saturated rings.